The number of aryl methyl sites for hydroxylation is 1. The van der Waals surface area contributed by atoms with Crippen LogP contribution in [0.4, 0.5) is 11.5 Å². The first-order valence-electron chi connectivity index (χ1n) is 12.2. The maximum Gasteiger partial charge on any atom is 0.141 e. The van der Waals surface area contributed by atoms with E-state index in [1.807, 2.05) is 73.7 Å². The lowest BCUT2D eigenvalue weighted by atomic mass is 10.0. The Balaban J connectivity index is 1.48. The Morgan fingerprint density at radius 2 is 1.83 bits per heavy atom. The molecular formula is C30H32N4O2. The van der Waals surface area contributed by atoms with Gasteiger partial charge < -0.3 is 20.5 Å². The molecule has 0 radical (unpaired) electrons. The second-order valence-corrected chi connectivity index (χ2v) is 9.17. The number of rotatable bonds is 9. The van der Waals surface area contributed by atoms with Crippen LogP contribution in [0.25, 0.3) is 10.9 Å². The van der Waals surface area contributed by atoms with E-state index >= 15 is 0 Å². The third kappa shape index (κ3) is 6.82. The molecule has 0 amide bonds. The van der Waals surface area contributed by atoms with Gasteiger partial charge in [-0.3, -0.25) is 0 Å². The van der Waals surface area contributed by atoms with E-state index in [9.17, 15) is 5.11 Å². The monoisotopic (exact) mass is 480 g/mol. The highest BCUT2D eigenvalue weighted by Crippen LogP contribution is 2.29. The van der Waals surface area contributed by atoms with Crippen molar-refractivity contribution in [2.24, 2.45) is 5.92 Å². The van der Waals surface area contributed by atoms with Crippen LogP contribution < -0.4 is 15.4 Å². The lowest BCUT2D eigenvalue weighted by Gasteiger charge is -2.16. The van der Waals surface area contributed by atoms with E-state index in [1.54, 1.807) is 6.33 Å². The molecule has 0 saturated heterocycles. The number of hydrogen-bond acceptors (Lipinski definition) is 6. The maximum atomic E-state index is 9.52. The first kappa shape index (κ1) is 25.2. The summed E-state index contributed by atoms with van der Waals surface area (Å²) >= 11 is 0. The third-order valence-corrected chi connectivity index (χ3v) is 5.73. The molecule has 0 saturated carbocycles. The summed E-state index contributed by atoms with van der Waals surface area (Å²) in [4.78, 5) is 8.88. The summed E-state index contributed by atoms with van der Waals surface area (Å²) in [6, 6.07) is 21.7. The highest BCUT2D eigenvalue weighted by molar-refractivity contribution is 5.91. The van der Waals surface area contributed by atoms with Crippen molar-refractivity contribution in [2.45, 2.75) is 33.2 Å². The van der Waals surface area contributed by atoms with Crippen LogP contribution in [0.15, 0.2) is 73.1 Å². The first-order valence-corrected chi connectivity index (χ1v) is 12.2. The summed E-state index contributed by atoms with van der Waals surface area (Å²) in [5.41, 5.74) is 3.65. The van der Waals surface area contributed by atoms with Gasteiger partial charge >= 0.3 is 0 Å². The van der Waals surface area contributed by atoms with Gasteiger partial charge in [0.25, 0.3) is 0 Å². The number of nitrogens with one attached hydrogen (secondary N) is 2. The van der Waals surface area contributed by atoms with Crippen LogP contribution in [0.5, 0.6) is 11.5 Å². The molecule has 0 aliphatic carbocycles. The molecule has 184 valence electrons. The van der Waals surface area contributed by atoms with E-state index in [2.05, 4.69) is 46.3 Å². The van der Waals surface area contributed by atoms with Crippen LogP contribution >= 0.6 is 0 Å². The molecule has 6 heteroatoms. The highest BCUT2D eigenvalue weighted by atomic mass is 16.5. The van der Waals surface area contributed by atoms with Crippen molar-refractivity contribution in [2.75, 3.05) is 18.5 Å². The highest BCUT2D eigenvalue weighted by Gasteiger charge is 2.09. The van der Waals surface area contributed by atoms with Crippen molar-refractivity contribution < 1.29 is 9.84 Å². The fourth-order valence-corrected chi connectivity index (χ4v) is 3.96. The second-order valence-electron chi connectivity index (χ2n) is 9.17. The lowest BCUT2D eigenvalue weighted by Crippen LogP contribution is -2.33. The van der Waals surface area contributed by atoms with E-state index < -0.39 is 0 Å². The van der Waals surface area contributed by atoms with Crippen LogP contribution in [-0.2, 0) is 0 Å². The van der Waals surface area contributed by atoms with Crippen LogP contribution in [-0.4, -0.2) is 34.3 Å². The molecule has 6 nitrogen and oxygen atoms in total. The first-order chi connectivity index (χ1) is 17.5. The number of aliphatic hydroxyl groups excluding tert-OH is 1. The van der Waals surface area contributed by atoms with Crippen LogP contribution in [0.2, 0.25) is 0 Å². The van der Waals surface area contributed by atoms with Crippen molar-refractivity contribution in [3.8, 4) is 23.3 Å². The second kappa shape index (κ2) is 12.2. The van der Waals surface area contributed by atoms with Gasteiger partial charge in [-0.05, 0) is 73.4 Å². The van der Waals surface area contributed by atoms with Crippen molar-refractivity contribution >= 4 is 22.4 Å². The Bertz CT molecular complexity index is 1360. The molecule has 3 N–H and O–H groups in total. The number of anilines is 2. The van der Waals surface area contributed by atoms with E-state index in [4.69, 9.17) is 4.74 Å². The average molecular weight is 481 g/mol. The van der Waals surface area contributed by atoms with E-state index in [1.165, 1.54) is 0 Å². The van der Waals surface area contributed by atoms with Crippen molar-refractivity contribution in [1.29, 1.82) is 0 Å². The van der Waals surface area contributed by atoms with Crippen LogP contribution in [0.1, 0.15) is 31.4 Å². The summed E-state index contributed by atoms with van der Waals surface area (Å²) in [6.45, 7) is 6.94. The van der Waals surface area contributed by atoms with Gasteiger partial charge in [-0.1, -0.05) is 43.9 Å². The summed E-state index contributed by atoms with van der Waals surface area (Å²) in [5.74, 6) is 9.21. The number of aromatic nitrogens is 2. The largest absolute Gasteiger partial charge is 0.457 e. The van der Waals surface area contributed by atoms with Gasteiger partial charge in [-0.2, -0.15) is 0 Å². The van der Waals surface area contributed by atoms with E-state index in [0.717, 1.165) is 51.5 Å². The molecule has 0 aliphatic heterocycles. The Hall–Kier alpha value is -3.92. The van der Waals surface area contributed by atoms with Gasteiger partial charge in [0.05, 0.1) is 18.7 Å². The number of para-hydroxylation sites is 1. The third-order valence-electron chi connectivity index (χ3n) is 5.73. The topological polar surface area (TPSA) is 79.3 Å². The number of nitrogens with zero attached hydrogens (tertiary/aromatic N) is 2. The number of benzene rings is 3. The summed E-state index contributed by atoms with van der Waals surface area (Å²) < 4.78 is 6.00. The Morgan fingerprint density at radius 1 is 1.00 bits per heavy atom. The SMILES string of the molecule is Cc1cc(Nc2ncnc3ccc(C#CCNC(CO)CC(C)C)cc23)ccc1Oc1ccccc1. The quantitative estimate of drug-likeness (QED) is 0.262. The molecule has 0 fully saturated rings. The lowest BCUT2D eigenvalue weighted by molar-refractivity contribution is 0.228. The molecular weight excluding hydrogens is 448 g/mol. The Labute approximate surface area is 212 Å². The summed E-state index contributed by atoms with van der Waals surface area (Å²) in [5, 5.41) is 17.1. The van der Waals surface area contributed by atoms with E-state index in [-0.39, 0.29) is 12.6 Å². The summed E-state index contributed by atoms with van der Waals surface area (Å²) in [6.07, 6.45) is 2.47. The zero-order chi connectivity index (χ0) is 25.3. The number of hydrogen-bond donors (Lipinski definition) is 3. The van der Waals surface area contributed by atoms with Crippen molar-refractivity contribution in [3.63, 3.8) is 0 Å². The molecule has 0 spiro atoms. The zero-order valence-corrected chi connectivity index (χ0v) is 21.0. The Morgan fingerprint density at radius 3 is 2.58 bits per heavy atom. The van der Waals surface area contributed by atoms with Gasteiger partial charge in [-0.25, -0.2) is 9.97 Å². The minimum atomic E-state index is 0.0630. The number of fused-ring (bicyclic) bond motifs is 1. The molecule has 4 aromatic rings. The molecule has 3 aromatic carbocycles. The Kier molecular flexibility index (Phi) is 8.51. The molecule has 0 bridgehead atoms. The molecule has 0 aliphatic rings. The zero-order valence-electron chi connectivity index (χ0n) is 21.0. The molecule has 1 aromatic heterocycles. The number of ether oxygens (including phenoxy) is 1. The fraction of sp³-hybridized carbons (Fsp3) is 0.267. The van der Waals surface area contributed by atoms with Gasteiger partial charge in [0.1, 0.15) is 23.6 Å². The number of aliphatic hydroxyl groups is 1. The van der Waals surface area contributed by atoms with Crippen molar-refractivity contribution in [3.05, 3.63) is 84.2 Å². The van der Waals surface area contributed by atoms with Crippen LogP contribution in [0, 0.1) is 24.7 Å². The van der Waals surface area contributed by atoms with Crippen molar-refractivity contribution in [1.82, 2.24) is 15.3 Å². The molecule has 4 rings (SSSR count). The smallest absolute Gasteiger partial charge is 0.141 e. The van der Waals surface area contributed by atoms with Gasteiger partial charge in [0, 0.05) is 22.7 Å². The maximum absolute atomic E-state index is 9.52. The molecule has 36 heavy (non-hydrogen) atoms. The van der Waals surface area contributed by atoms with Gasteiger partial charge in [-0.15, -0.1) is 0 Å². The normalized spacial score (nSPS) is 11.7. The van der Waals surface area contributed by atoms with Gasteiger partial charge in [0.15, 0.2) is 0 Å². The fourth-order valence-electron chi connectivity index (χ4n) is 3.96. The van der Waals surface area contributed by atoms with Crippen LogP contribution in [0.3, 0.4) is 0 Å². The molecule has 1 heterocycles. The molecule has 1 unspecified atom stereocenters. The minimum Gasteiger partial charge on any atom is -0.457 e. The predicted octanol–water partition coefficient (Wildman–Crippen LogP) is 5.82. The summed E-state index contributed by atoms with van der Waals surface area (Å²) in [7, 11) is 0. The standard InChI is InChI=1S/C30H32N4O2/c1-21(2)16-25(19-35)31-15-7-8-23-11-13-28-27(18-23)30(33-20-32-28)34-24-12-14-29(22(3)17-24)36-26-9-5-4-6-10-26/h4-6,9-14,17-18,20-21,25,31,35H,15-16,19H2,1-3H3,(H,32,33,34). The average Bonchev–Trinajstić information content (AvgIpc) is 2.88. The minimum absolute atomic E-state index is 0.0630. The van der Waals surface area contributed by atoms with Gasteiger partial charge in [0.2, 0.25) is 0 Å². The predicted molar refractivity (Wildman–Crippen MR) is 146 cm³/mol. The van der Waals surface area contributed by atoms with E-state index in [0.29, 0.717) is 12.5 Å². The molecule has 1 atom stereocenters.